The SMILES string of the molecule is C=CC(C)CC(=O)Nc1nnc(CCSCc2nnc(NC(=O)C/C(C)=C/C)s2)s1. The molecule has 30 heavy (non-hydrogen) atoms. The molecular formula is C19H26N6O2S3. The van der Waals surface area contributed by atoms with Crippen LogP contribution < -0.4 is 10.6 Å². The lowest BCUT2D eigenvalue weighted by Gasteiger charge is -2.04. The maximum atomic E-state index is 11.9. The van der Waals surface area contributed by atoms with Crippen molar-refractivity contribution in [2.75, 3.05) is 16.4 Å². The number of rotatable bonds is 12. The molecule has 0 aliphatic rings. The highest BCUT2D eigenvalue weighted by molar-refractivity contribution is 7.98. The van der Waals surface area contributed by atoms with Crippen LogP contribution in [0.25, 0.3) is 0 Å². The Labute approximate surface area is 188 Å². The maximum absolute atomic E-state index is 11.9. The van der Waals surface area contributed by atoms with E-state index < -0.39 is 0 Å². The van der Waals surface area contributed by atoms with Gasteiger partial charge in [0.05, 0.1) is 0 Å². The molecule has 2 heterocycles. The number of amides is 2. The summed E-state index contributed by atoms with van der Waals surface area (Å²) in [5.74, 6) is 1.51. The molecule has 2 amide bonds. The number of nitrogens with one attached hydrogen (secondary N) is 2. The second-order valence-electron chi connectivity index (χ2n) is 6.63. The Morgan fingerprint density at radius 1 is 1.10 bits per heavy atom. The van der Waals surface area contributed by atoms with Gasteiger partial charge in [0, 0.05) is 30.8 Å². The van der Waals surface area contributed by atoms with E-state index in [0.717, 1.165) is 27.8 Å². The van der Waals surface area contributed by atoms with Gasteiger partial charge in [-0.25, -0.2) is 0 Å². The number of thioether (sulfide) groups is 1. The summed E-state index contributed by atoms with van der Waals surface area (Å²) >= 11 is 4.48. The van der Waals surface area contributed by atoms with Crippen molar-refractivity contribution in [3.8, 4) is 0 Å². The average molecular weight is 467 g/mol. The van der Waals surface area contributed by atoms with Gasteiger partial charge in [-0.3, -0.25) is 9.59 Å². The Bertz CT molecular complexity index is 892. The number of anilines is 2. The Kier molecular flexibility index (Phi) is 10.1. The minimum Gasteiger partial charge on any atom is -0.301 e. The number of allylic oxidation sites excluding steroid dienone is 2. The number of carbonyl (C=O) groups excluding carboxylic acids is 2. The third-order valence-corrected chi connectivity index (χ3v) is 6.84. The van der Waals surface area contributed by atoms with E-state index in [1.807, 2.05) is 26.8 Å². The molecule has 0 saturated heterocycles. The first kappa shape index (κ1) is 24.2. The molecule has 0 bridgehead atoms. The summed E-state index contributed by atoms with van der Waals surface area (Å²) in [7, 11) is 0. The zero-order valence-electron chi connectivity index (χ0n) is 17.3. The van der Waals surface area contributed by atoms with Crippen LogP contribution in [0.3, 0.4) is 0 Å². The van der Waals surface area contributed by atoms with Crippen molar-refractivity contribution < 1.29 is 9.59 Å². The summed E-state index contributed by atoms with van der Waals surface area (Å²) in [5.41, 5.74) is 1.01. The summed E-state index contributed by atoms with van der Waals surface area (Å²) in [4.78, 5) is 23.8. The fraction of sp³-hybridized carbons (Fsp3) is 0.474. The summed E-state index contributed by atoms with van der Waals surface area (Å²) in [6, 6.07) is 0. The van der Waals surface area contributed by atoms with Crippen LogP contribution in [0.4, 0.5) is 10.3 Å². The fourth-order valence-corrected chi connectivity index (χ4v) is 4.79. The molecule has 2 aromatic heterocycles. The molecule has 0 fully saturated rings. The molecule has 1 unspecified atom stereocenters. The van der Waals surface area contributed by atoms with Gasteiger partial charge in [0.2, 0.25) is 22.1 Å². The molecule has 0 aliphatic carbocycles. The minimum absolute atomic E-state index is 0.0838. The Morgan fingerprint density at radius 2 is 1.73 bits per heavy atom. The predicted molar refractivity (Wildman–Crippen MR) is 125 cm³/mol. The second kappa shape index (κ2) is 12.6. The van der Waals surface area contributed by atoms with E-state index in [1.54, 1.807) is 17.8 Å². The number of nitrogens with zero attached hydrogens (tertiary/aromatic N) is 4. The van der Waals surface area contributed by atoms with Crippen LogP contribution in [0, 0.1) is 5.92 Å². The topological polar surface area (TPSA) is 110 Å². The molecule has 0 spiro atoms. The van der Waals surface area contributed by atoms with Crippen molar-refractivity contribution in [3.63, 3.8) is 0 Å². The van der Waals surface area contributed by atoms with E-state index in [1.165, 1.54) is 22.7 Å². The highest BCUT2D eigenvalue weighted by Gasteiger charge is 2.11. The summed E-state index contributed by atoms with van der Waals surface area (Å²) in [6.45, 7) is 9.44. The minimum atomic E-state index is -0.0842. The van der Waals surface area contributed by atoms with Gasteiger partial charge < -0.3 is 10.6 Å². The van der Waals surface area contributed by atoms with Crippen LogP contribution >= 0.6 is 34.4 Å². The summed E-state index contributed by atoms with van der Waals surface area (Å²) in [6.07, 6.45) is 5.17. The van der Waals surface area contributed by atoms with Crippen LogP contribution in [0.5, 0.6) is 0 Å². The van der Waals surface area contributed by atoms with Crippen molar-refractivity contribution in [2.45, 2.75) is 45.8 Å². The van der Waals surface area contributed by atoms with Gasteiger partial charge in [0.15, 0.2) is 0 Å². The zero-order chi connectivity index (χ0) is 21.9. The van der Waals surface area contributed by atoms with Crippen LogP contribution in [0.2, 0.25) is 0 Å². The molecule has 8 nitrogen and oxygen atoms in total. The quantitative estimate of drug-likeness (QED) is 0.354. The molecule has 2 N–H and O–H groups in total. The van der Waals surface area contributed by atoms with Gasteiger partial charge in [0.1, 0.15) is 10.0 Å². The van der Waals surface area contributed by atoms with Gasteiger partial charge in [-0.05, 0) is 19.8 Å². The number of aryl methyl sites for hydroxylation is 1. The first-order valence-electron chi connectivity index (χ1n) is 9.46. The summed E-state index contributed by atoms with van der Waals surface area (Å²) in [5, 5.41) is 24.6. The van der Waals surface area contributed by atoms with E-state index >= 15 is 0 Å². The number of carbonyl (C=O) groups is 2. The first-order chi connectivity index (χ1) is 14.4. The van der Waals surface area contributed by atoms with E-state index in [9.17, 15) is 9.59 Å². The first-order valence-corrected chi connectivity index (χ1v) is 12.2. The van der Waals surface area contributed by atoms with E-state index in [4.69, 9.17) is 0 Å². The lowest BCUT2D eigenvalue weighted by atomic mass is 10.1. The smallest absolute Gasteiger partial charge is 0.230 e. The molecule has 0 saturated carbocycles. The Balaban J connectivity index is 1.69. The highest BCUT2D eigenvalue weighted by Crippen LogP contribution is 2.23. The lowest BCUT2D eigenvalue weighted by Crippen LogP contribution is -2.13. The number of hydrogen-bond acceptors (Lipinski definition) is 9. The van der Waals surface area contributed by atoms with Crippen LogP contribution in [0.15, 0.2) is 24.3 Å². The molecule has 162 valence electrons. The van der Waals surface area contributed by atoms with Crippen molar-refractivity contribution in [1.29, 1.82) is 0 Å². The molecule has 11 heteroatoms. The van der Waals surface area contributed by atoms with Crippen molar-refractivity contribution >= 4 is 56.5 Å². The molecular weight excluding hydrogens is 440 g/mol. The van der Waals surface area contributed by atoms with Gasteiger partial charge in [-0.1, -0.05) is 47.3 Å². The molecule has 0 aromatic carbocycles. The van der Waals surface area contributed by atoms with Crippen molar-refractivity contribution in [1.82, 2.24) is 20.4 Å². The summed E-state index contributed by atoms with van der Waals surface area (Å²) < 4.78 is 0. The van der Waals surface area contributed by atoms with Crippen LogP contribution in [-0.2, 0) is 21.8 Å². The largest absolute Gasteiger partial charge is 0.301 e. The fourth-order valence-electron chi connectivity index (χ4n) is 2.15. The van der Waals surface area contributed by atoms with Crippen molar-refractivity contribution in [2.24, 2.45) is 5.92 Å². The third kappa shape index (κ3) is 8.72. The normalized spacial score (nSPS) is 12.4. The average Bonchev–Trinajstić information content (AvgIpc) is 3.34. The Hall–Kier alpha value is -2.11. The molecule has 0 aliphatic heterocycles. The zero-order valence-corrected chi connectivity index (χ0v) is 19.8. The molecule has 1 atom stereocenters. The predicted octanol–water partition coefficient (Wildman–Crippen LogP) is 4.31. The van der Waals surface area contributed by atoms with E-state index in [0.29, 0.717) is 28.9 Å². The second-order valence-corrected chi connectivity index (χ2v) is 9.86. The maximum Gasteiger partial charge on any atom is 0.230 e. The van der Waals surface area contributed by atoms with Crippen LogP contribution in [0.1, 0.15) is 43.6 Å². The van der Waals surface area contributed by atoms with Gasteiger partial charge in [-0.2, -0.15) is 11.8 Å². The molecule has 2 rings (SSSR count). The van der Waals surface area contributed by atoms with Crippen LogP contribution in [-0.4, -0.2) is 38.0 Å². The van der Waals surface area contributed by atoms with Crippen molar-refractivity contribution in [3.05, 3.63) is 34.3 Å². The standard InChI is InChI=1S/C19H26N6O2S3/c1-5-12(3)9-14(26)20-18-24-22-16(29-18)7-8-28-11-17-23-25-19(30-17)21-15(27)10-13(4)6-2/h5-6,12H,1,7-11H2,2-4H3,(H,20,24,26)(H,21,25,27)/b13-6+. The molecule has 2 aromatic rings. The monoisotopic (exact) mass is 466 g/mol. The molecule has 0 radical (unpaired) electrons. The van der Waals surface area contributed by atoms with E-state index in [-0.39, 0.29) is 17.7 Å². The third-order valence-electron chi connectivity index (χ3n) is 3.95. The Morgan fingerprint density at radius 3 is 2.40 bits per heavy atom. The number of hydrogen-bond donors (Lipinski definition) is 2. The van der Waals surface area contributed by atoms with Gasteiger partial charge in [-0.15, -0.1) is 27.0 Å². The van der Waals surface area contributed by atoms with Gasteiger partial charge in [0.25, 0.3) is 0 Å². The highest BCUT2D eigenvalue weighted by atomic mass is 32.2. The lowest BCUT2D eigenvalue weighted by molar-refractivity contribution is -0.117. The van der Waals surface area contributed by atoms with E-state index in [2.05, 4.69) is 37.6 Å². The van der Waals surface area contributed by atoms with Gasteiger partial charge >= 0.3 is 0 Å². The number of aromatic nitrogens is 4.